The zero-order chi connectivity index (χ0) is 8.97. The zero-order valence-corrected chi connectivity index (χ0v) is 9.12. The van der Waals surface area contributed by atoms with Crippen LogP contribution in [0.2, 0.25) is 0 Å². The molecule has 0 heterocycles. The normalized spacial score (nSPS) is 27.4. The maximum atomic E-state index is 4.14. The molecule has 0 N–H and O–H groups in total. The summed E-state index contributed by atoms with van der Waals surface area (Å²) in [4.78, 5) is 0. The summed E-state index contributed by atoms with van der Waals surface area (Å²) in [6.07, 6.45) is 5.04. The Bertz CT molecular complexity index is 282. The smallest absolute Gasteiger partial charge is 0.00782 e. The van der Waals surface area contributed by atoms with Crippen LogP contribution in [-0.4, -0.2) is 0 Å². The number of rotatable bonds is 0. The van der Waals surface area contributed by atoms with E-state index >= 15 is 0 Å². The molecule has 1 aliphatic rings. The van der Waals surface area contributed by atoms with Gasteiger partial charge in [-0.2, -0.15) is 37.9 Å². The van der Waals surface area contributed by atoms with Gasteiger partial charge in [0.2, 0.25) is 0 Å². The Kier molecular flexibility index (Phi) is 4.12. The van der Waals surface area contributed by atoms with Crippen molar-refractivity contribution in [3.05, 3.63) is 45.1 Å². The molecule has 0 fully saturated rings. The Morgan fingerprint density at radius 1 is 1.08 bits per heavy atom. The highest BCUT2D eigenvalue weighted by atomic mass is 32.1. The second-order valence-corrected chi connectivity index (χ2v) is 3.16. The molecule has 3 heteroatoms. The summed E-state index contributed by atoms with van der Waals surface area (Å²) in [6, 6.07) is 0. The fourth-order valence-corrected chi connectivity index (χ4v) is 1.87. The molecule has 0 nitrogen and oxygen atoms in total. The fraction of sp³-hybridized carbons (Fsp3) is 0.111. The van der Waals surface area contributed by atoms with Crippen LogP contribution in [0, 0.1) is 0 Å². The molecule has 0 aromatic heterocycles. The summed E-state index contributed by atoms with van der Waals surface area (Å²) >= 11 is 12.4. The first kappa shape index (κ1) is 10.1. The predicted molar refractivity (Wildman–Crippen MR) is 65.0 cm³/mol. The lowest BCUT2D eigenvalue weighted by Crippen LogP contribution is -1.95. The van der Waals surface area contributed by atoms with Crippen LogP contribution in [0.15, 0.2) is 45.1 Å². The van der Waals surface area contributed by atoms with Gasteiger partial charge in [0.05, 0.1) is 0 Å². The van der Waals surface area contributed by atoms with E-state index in [1.165, 1.54) is 5.57 Å². The molecule has 0 saturated heterocycles. The van der Waals surface area contributed by atoms with Gasteiger partial charge in [-0.15, -0.1) is 0 Å². The Balaban J connectivity index is 3.11. The molecule has 0 amide bonds. The van der Waals surface area contributed by atoms with Gasteiger partial charge in [0.15, 0.2) is 0 Å². The summed E-state index contributed by atoms with van der Waals surface area (Å²) in [6.45, 7) is 0. The predicted octanol–water partition coefficient (Wildman–Crippen LogP) is 3.39. The Morgan fingerprint density at radius 2 is 1.83 bits per heavy atom. The van der Waals surface area contributed by atoms with Crippen molar-refractivity contribution in [2.75, 3.05) is 0 Å². The topological polar surface area (TPSA) is 0 Å². The molecule has 0 bridgehead atoms. The van der Waals surface area contributed by atoms with Crippen LogP contribution in [-0.2, 0) is 0 Å². The van der Waals surface area contributed by atoms with Gasteiger partial charge in [-0.1, -0.05) is 12.2 Å². The van der Waals surface area contributed by atoms with E-state index in [-0.39, 0.29) is 0 Å². The van der Waals surface area contributed by atoms with Crippen LogP contribution >= 0.6 is 37.9 Å². The van der Waals surface area contributed by atoms with E-state index in [0.29, 0.717) is 0 Å². The third-order valence-corrected chi connectivity index (χ3v) is 2.56. The molecule has 0 aromatic carbocycles. The van der Waals surface area contributed by atoms with Crippen molar-refractivity contribution in [3.8, 4) is 0 Å². The number of thiol groups is 3. The molecule has 0 radical (unpaired) electrons. The quantitative estimate of drug-likeness (QED) is 0.506. The van der Waals surface area contributed by atoms with E-state index in [9.17, 15) is 0 Å². The molecule has 0 aromatic rings. The van der Waals surface area contributed by atoms with Crippen molar-refractivity contribution in [3.63, 3.8) is 0 Å². The van der Waals surface area contributed by atoms with Crippen LogP contribution in [0.3, 0.4) is 0 Å². The molecule has 0 spiro atoms. The standard InChI is InChI=1S/C9H10S3/c10-4-7-2-1-3-8(5-11)9(7)6-12/h1-2,4-6,10-12H,3H2. The first-order chi connectivity index (χ1) is 5.83. The Morgan fingerprint density at radius 3 is 2.33 bits per heavy atom. The minimum absolute atomic E-state index is 0.918. The van der Waals surface area contributed by atoms with Crippen LogP contribution in [0.1, 0.15) is 6.42 Å². The maximum Gasteiger partial charge on any atom is -0.00782 e. The van der Waals surface area contributed by atoms with Crippen LogP contribution < -0.4 is 0 Å². The third-order valence-electron chi connectivity index (χ3n) is 1.72. The van der Waals surface area contributed by atoms with Crippen molar-refractivity contribution in [2.45, 2.75) is 6.42 Å². The zero-order valence-electron chi connectivity index (χ0n) is 6.44. The molecule has 0 aliphatic heterocycles. The van der Waals surface area contributed by atoms with Gasteiger partial charge in [-0.3, -0.25) is 0 Å². The molecule has 64 valence electrons. The van der Waals surface area contributed by atoms with Gasteiger partial charge in [0, 0.05) is 0 Å². The van der Waals surface area contributed by atoms with E-state index in [4.69, 9.17) is 0 Å². The fourth-order valence-electron chi connectivity index (χ4n) is 1.09. The SMILES string of the molecule is SC=C1C=CCC(=CS)C1=CS. The van der Waals surface area contributed by atoms with E-state index in [0.717, 1.165) is 17.6 Å². The van der Waals surface area contributed by atoms with Crippen LogP contribution in [0.4, 0.5) is 0 Å². The van der Waals surface area contributed by atoms with Crippen molar-refractivity contribution in [2.24, 2.45) is 0 Å². The van der Waals surface area contributed by atoms with Crippen molar-refractivity contribution < 1.29 is 0 Å². The lowest BCUT2D eigenvalue weighted by Gasteiger charge is -2.14. The summed E-state index contributed by atoms with van der Waals surface area (Å²) in [7, 11) is 0. The first-order valence-corrected chi connectivity index (χ1v) is 5.07. The average Bonchev–Trinajstić information content (AvgIpc) is 2.16. The van der Waals surface area contributed by atoms with Gasteiger partial charge >= 0.3 is 0 Å². The molecule has 1 rings (SSSR count). The highest BCUT2D eigenvalue weighted by Crippen LogP contribution is 2.29. The molecular weight excluding hydrogens is 204 g/mol. The summed E-state index contributed by atoms with van der Waals surface area (Å²) in [5.74, 6) is 0. The van der Waals surface area contributed by atoms with Crippen LogP contribution in [0.25, 0.3) is 0 Å². The molecule has 1 aliphatic carbocycles. The third kappa shape index (κ3) is 2.03. The second kappa shape index (κ2) is 4.90. The average molecular weight is 214 g/mol. The van der Waals surface area contributed by atoms with Gasteiger partial charge in [0.1, 0.15) is 0 Å². The van der Waals surface area contributed by atoms with Gasteiger partial charge in [-0.05, 0) is 39.4 Å². The first-order valence-electron chi connectivity index (χ1n) is 3.52. The summed E-state index contributed by atoms with van der Waals surface area (Å²) in [5, 5.41) is 5.37. The Hall–Kier alpha value is 0.01000. The highest BCUT2D eigenvalue weighted by molar-refractivity contribution is 7.84. The van der Waals surface area contributed by atoms with Crippen LogP contribution in [0.5, 0.6) is 0 Å². The van der Waals surface area contributed by atoms with Gasteiger partial charge in [-0.25, -0.2) is 0 Å². The molecule has 0 unspecified atom stereocenters. The number of hydrogen-bond acceptors (Lipinski definition) is 3. The molecule has 12 heavy (non-hydrogen) atoms. The maximum absolute atomic E-state index is 4.14. The summed E-state index contributed by atoms with van der Waals surface area (Å²) < 4.78 is 0. The lowest BCUT2D eigenvalue weighted by molar-refractivity contribution is 1.20. The van der Waals surface area contributed by atoms with Gasteiger partial charge < -0.3 is 0 Å². The minimum atomic E-state index is 0.918. The van der Waals surface area contributed by atoms with Crippen molar-refractivity contribution in [1.29, 1.82) is 0 Å². The van der Waals surface area contributed by atoms with E-state index in [2.05, 4.69) is 44.0 Å². The highest BCUT2D eigenvalue weighted by Gasteiger charge is 2.09. The summed E-state index contributed by atoms with van der Waals surface area (Å²) in [5.41, 5.74) is 3.36. The van der Waals surface area contributed by atoms with E-state index in [1.54, 1.807) is 10.8 Å². The number of hydrogen-bond donors (Lipinski definition) is 3. The van der Waals surface area contributed by atoms with Crippen molar-refractivity contribution >= 4 is 37.9 Å². The Labute approximate surface area is 89.4 Å². The van der Waals surface area contributed by atoms with Gasteiger partial charge in [0.25, 0.3) is 0 Å². The second-order valence-electron chi connectivity index (χ2n) is 2.39. The molecule has 0 atom stereocenters. The molecule has 0 saturated carbocycles. The number of allylic oxidation sites excluding steroid dienone is 5. The monoisotopic (exact) mass is 214 g/mol. The van der Waals surface area contributed by atoms with E-state index in [1.807, 2.05) is 11.5 Å². The lowest BCUT2D eigenvalue weighted by atomic mass is 9.94. The largest absolute Gasteiger partial charge is 0.151 e. The van der Waals surface area contributed by atoms with E-state index < -0.39 is 0 Å². The van der Waals surface area contributed by atoms with Crippen molar-refractivity contribution in [1.82, 2.24) is 0 Å². The minimum Gasteiger partial charge on any atom is -0.151 e. The molecular formula is C9H10S3.